The Kier molecular flexibility index (Phi) is 4.18. The first-order valence-electron chi connectivity index (χ1n) is 5.45. The van der Waals surface area contributed by atoms with Crippen LogP contribution in [0.15, 0.2) is 12.2 Å². The quantitative estimate of drug-likeness (QED) is 0.510. The number of ether oxygens (including phenoxy) is 1. The van der Waals surface area contributed by atoms with Crippen LogP contribution in [0.2, 0.25) is 0 Å². The third kappa shape index (κ3) is 3.52. The molecule has 2 unspecified atom stereocenters. The predicted octanol–water partition coefficient (Wildman–Crippen LogP) is 2.93. The van der Waals surface area contributed by atoms with Crippen LogP contribution in [-0.2, 0) is 9.53 Å². The number of carbonyl (C=O) groups is 1. The molecule has 0 saturated carbocycles. The predicted molar refractivity (Wildman–Crippen MR) is 56.9 cm³/mol. The first-order chi connectivity index (χ1) is 6.59. The highest BCUT2D eigenvalue weighted by Gasteiger charge is 2.18. The van der Waals surface area contributed by atoms with Crippen molar-refractivity contribution in [3.63, 3.8) is 0 Å². The lowest BCUT2D eigenvalue weighted by Crippen LogP contribution is -2.21. The van der Waals surface area contributed by atoms with Gasteiger partial charge in [-0.3, -0.25) is 4.79 Å². The largest absolute Gasteiger partial charge is 0.462 e. The fourth-order valence-corrected chi connectivity index (χ4v) is 1.47. The van der Waals surface area contributed by atoms with Gasteiger partial charge in [-0.1, -0.05) is 26.0 Å². The minimum Gasteiger partial charge on any atom is -0.462 e. The van der Waals surface area contributed by atoms with Gasteiger partial charge >= 0.3 is 5.97 Å². The maximum Gasteiger partial charge on any atom is 0.306 e. The van der Waals surface area contributed by atoms with Crippen molar-refractivity contribution in [2.75, 3.05) is 0 Å². The van der Waals surface area contributed by atoms with E-state index in [1.165, 1.54) is 0 Å². The molecule has 1 rings (SSSR count). The minimum absolute atomic E-state index is 0.0351. The Bertz CT molecular complexity index is 218. The van der Waals surface area contributed by atoms with Gasteiger partial charge in [0.15, 0.2) is 0 Å². The van der Waals surface area contributed by atoms with Crippen LogP contribution in [0.4, 0.5) is 0 Å². The van der Waals surface area contributed by atoms with E-state index in [-0.39, 0.29) is 12.1 Å². The molecule has 0 aliphatic heterocycles. The molecule has 2 nitrogen and oxygen atoms in total. The Hall–Kier alpha value is -0.790. The number of carbonyl (C=O) groups excluding carboxylic acids is 1. The summed E-state index contributed by atoms with van der Waals surface area (Å²) in [5.41, 5.74) is 0. The average Bonchev–Trinajstić information content (AvgIpc) is 2.56. The number of hydrogen-bond acceptors (Lipinski definition) is 2. The van der Waals surface area contributed by atoms with E-state index >= 15 is 0 Å². The lowest BCUT2D eigenvalue weighted by atomic mass is 10.1. The SMILES string of the molecule is CC(C)C(C)OC(=O)CC1C=CCC1. The molecular formula is C12H20O2. The Morgan fingerprint density at radius 3 is 2.71 bits per heavy atom. The van der Waals surface area contributed by atoms with Gasteiger partial charge in [0.05, 0.1) is 6.42 Å². The summed E-state index contributed by atoms with van der Waals surface area (Å²) in [5.74, 6) is 0.766. The molecule has 0 amide bonds. The highest BCUT2D eigenvalue weighted by Crippen LogP contribution is 2.21. The molecule has 0 aromatic rings. The lowest BCUT2D eigenvalue weighted by molar-refractivity contribution is -0.151. The molecule has 80 valence electrons. The third-order valence-electron chi connectivity index (χ3n) is 2.80. The fourth-order valence-electron chi connectivity index (χ4n) is 1.47. The maximum atomic E-state index is 11.5. The molecule has 0 N–H and O–H groups in total. The molecule has 14 heavy (non-hydrogen) atoms. The van der Waals surface area contributed by atoms with Gasteiger partial charge < -0.3 is 4.74 Å². The van der Waals surface area contributed by atoms with Gasteiger partial charge in [-0.15, -0.1) is 0 Å². The van der Waals surface area contributed by atoms with Crippen molar-refractivity contribution in [1.82, 2.24) is 0 Å². The molecule has 0 heterocycles. The van der Waals surface area contributed by atoms with Crippen molar-refractivity contribution in [2.45, 2.75) is 46.1 Å². The average molecular weight is 196 g/mol. The van der Waals surface area contributed by atoms with Crippen LogP contribution in [-0.4, -0.2) is 12.1 Å². The Labute approximate surface area is 86.3 Å². The summed E-state index contributed by atoms with van der Waals surface area (Å²) in [6.07, 6.45) is 7.06. The second-order valence-corrected chi connectivity index (χ2v) is 4.41. The lowest BCUT2D eigenvalue weighted by Gasteiger charge is -2.17. The van der Waals surface area contributed by atoms with Crippen LogP contribution in [0.1, 0.15) is 40.0 Å². The van der Waals surface area contributed by atoms with E-state index in [1.807, 2.05) is 6.92 Å². The number of allylic oxidation sites excluding steroid dienone is 2. The van der Waals surface area contributed by atoms with Crippen LogP contribution in [0.5, 0.6) is 0 Å². The first kappa shape index (κ1) is 11.3. The zero-order chi connectivity index (χ0) is 10.6. The molecule has 0 aromatic carbocycles. The fraction of sp³-hybridized carbons (Fsp3) is 0.750. The van der Waals surface area contributed by atoms with Crippen LogP contribution < -0.4 is 0 Å². The first-order valence-corrected chi connectivity index (χ1v) is 5.45. The van der Waals surface area contributed by atoms with E-state index in [9.17, 15) is 4.79 Å². The minimum atomic E-state index is -0.0530. The van der Waals surface area contributed by atoms with Crippen molar-refractivity contribution >= 4 is 5.97 Å². The molecule has 0 aromatic heterocycles. The van der Waals surface area contributed by atoms with Crippen LogP contribution in [0.25, 0.3) is 0 Å². The van der Waals surface area contributed by atoms with Gasteiger partial charge in [-0.2, -0.15) is 0 Å². The summed E-state index contributed by atoms with van der Waals surface area (Å²) in [4.78, 5) is 11.5. The van der Waals surface area contributed by atoms with E-state index in [0.717, 1.165) is 12.8 Å². The molecule has 0 bridgehead atoms. The topological polar surface area (TPSA) is 26.3 Å². The Balaban J connectivity index is 2.24. The Morgan fingerprint density at radius 1 is 1.50 bits per heavy atom. The summed E-state index contributed by atoms with van der Waals surface area (Å²) >= 11 is 0. The van der Waals surface area contributed by atoms with Crippen molar-refractivity contribution in [1.29, 1.82) is 0 Å². The van der Waals surface area contributed by atoms with E-state index in [0.29, 0.717) is 18.3 Å². The van der Waals surface area contributed by atoms with E-state index in [1.54, 1.807) is 0 Å². The highest BCUT2D eigenvalue weighted by molar-refractivity contribution is 5.70. The molecule has 2 atom stereocenters. The van der Waals surface area contributed by atoms with Gasteiger partial charge in [-0.05, 0) is 31.6 Å². The maximum absolute atomic E-state index is 11.5. The molecule has 0 saturated heterocycles. The van der Waals surface area contributed by atoms with Crippen molar-refractivity contribution in [3.8, 4) is 0 Å². The van der Waals surface area contributed by atoms with Gasteiger partial charge in [0.2, 0.25) is 0 Å². The van der Waals surface area contributed by atoms with Crippen LogP contribution in [0.3, 0.4) is 0 Å². The molecule has 2 heteroatoms. The molecule has 1 aliphatic rings. The number of esters is 1. The highest BCUT2D eigenvalue weighted by atomic mass is 16.5. The standard InChI is InChI=1S/C12H20O2/c1-9(2)10(3)14-12(13)8-11-6-4-5-7-11/h4,6,9-11H,5,7-8H2,1-3H3. The van der Waals surface area contributed by atoms with Crippen LogP contribution in [0, 0.1) is 11.8 Å². The van der Waals surface area contributed by atoms with E-state index < -0.39 is 0 Å². The van der Waals surface area contributed by atoms with E-state index in [2.05, 4.69) is 26.0 Å². The molecule has 1 aliphatic carbocycles. The molecular weight excluding hydrogens is 176 g/mol. The second-order valence-electron chi connectivity index (χ2n) is 4.41. The van der Waals surface area contributed by atoms with Gasteiger partial charge in [0, 0.05) is 0 Å². The summed E-state index contributed by atoms with van der Waals surface area (Å²) < 4.78 is 5.30. The summed E-state index contributed by atoms with van der Waals surface area (Å²) in [6.45, 7) is 6.08. The smallest absolute Gasteiger partial charge is 0.306 e. The molecule has 0 fully saturated rings. The summed E-state index contributed by atoms with van der Waals surface area (Å²) in [5, 5.41) is 0. The van der Waals surface area contributed by atoms with Gasteiger partial charge in [0.1, 0.15) is 6.10 Å². The Morgan fingerprint density at radius 2 is 2.21 bits per heavy atom. The zero-order valence-electron chi connectivity index (χ0n) is 9.32. The van der Waals surface area contributed by atoms with Gasteiger partial charge in [0.25, 0.3) is 0 Å². The molecule has 0 spiro atoms. The number of rotatable bonds is 4. The van der Waals surface area contributed by atoms with Crippen molar-refractivity contribution in [3.05, 3.63) is 12.2 Å². The summed E-state index contributed by atoms with van der Waals surface area (Å²) in [7, 11) is 0. The van der Waals surface area contributed by atoms with Gasteiger partial charge in [-0.25, -0.2) is 0 Å². The number of hydrogen-bond donors (Lipinski definition) is 0. The zero-order valence-corrected chi connectivity index (χ0v) is 9.32. The molecule has 0 radical (unpaired) electrons. The summed E-state index contributed by atoms with van der Waals surface area (Å²) in [6, 6.07) is 0. The normalized spacial score (nSPS) is 22.7. The van der Waals surface area contributed by atoms with Crippen molar-refractivity contribution in [2.24, 2.45) is 11.8 Å². The monoisotopic (exact) mass is 196 g/mol. The second kappa shape index (κ2) is 5.18. The third-order valence-corrected chi connectivity index (χ3v) is 2.80. The van der Waals surface area contributed by atoms with Crippen LogP contribution >= 0.6 is 0 Å². The van der Waals surface area contributed by atoms with Crippen molar-refractivity contribution < 1.29 is 9.53 Å². The van der Waals surface area contributed by atoms with E-state index in [4.69, 9.17) is 4.74 Å².